The van der Waals surface area contributed by atoms with Crippen LogP contribution in [-0.4, -0.2) is 47.7 Å². The Kier molecular flexibility index (Phi) is 4.79. The van der Waals surface area contributed by atoms with Gasteiger partial charge >= 0.3 is 6.03 Å². The first-order valence-electron chi connectivity index (χ1n) is 9.49. The summed E-state index contributed by atoms with van der Waals surface area (Å²) in [5.41, 5.74) is 1.36. The van der Waals surface area contributed by atoms with Crippen molar-refractivity contribution in [3.8, 4) is 0 Å². The minimum absolute atomic E-state index is 0.0594. The summed E-state index contributed by atoms with van der Waals surface area (Å²) in [7, 11) is 0. The van der Waals surface area contributed by atoms with E-state index in [1.807, 2.05) is 49.5 Å². The monoisotopic (exact) mass is 367 g/mol. The number of hydrogen-bond donors (Lipinski definition) is 1. The second kappa shape index (κ2) is 7.38. The molecule has 0 saturated carbocycles. The highest BCUT2D eigenvalue weighted by molar-refractivity contribution is 5.93. The van der Waals surface area contributed by atoms with E-state index in [0.29, 0.717) is 17.2 Å². The molecule has 27 heavy (non-hydrogen) atoms. The molecule has 0 bridgehead atoms. The van der Waals surface area contributed by atoms with Gasteiger partial charge in [0.15, 0.2) is 5.65 Å². The predicted molar refractivity (Wildman–Crippen MR) is 103 cm³/mol. The van der Waals surface area contributed by atoms with Crippen LogP contribution in [-0.2, 0) is 6.54 Å². The van der Waals surface area contributed by atoms with Crippen molar-refractivity contribution in [3.05, 3.63) is 42.4 Å². The maximum Gasteiger partial charge on any atom is 0.322 e. The number of aryl methyl sites for hydroxylation is 3. The largest absolute Gasteiger partial charge is 0.335 e. The maximum absolute atomic E-state index is 13.0. The summed E-state index contributed by atoms with van der Waals surface area (Å²) in [5.74, 6) is 1.69. The molecule has 1 N–H and O–H groups in total. The van der Waals surface area contributed by atoms with Gasteiger partial charge in [-0.2, -0.15) is 5.10 Å². The number of aromatic nitrogens is 5. The molecule has 4 rings (SSSR count). The van der Waals surface area contributed by atoms with Crippen LogP contribution < -0.4 is 5.32 Å². The van der Waals surface area contributed by atoms with Crippen molar-refractivity contribution >= 4 is 17.4 Å². The first-order valence-corrected chi connectivity index (χ1v) is 9.49. The van der Waals surface area contributed by atoms with Crippen LogP contribution in [0.15, 0.2) is 30.7 Å². The number of carbonyl (C=O) groups is 1. The number of nitrogens with zero attached hydrogens (tertiary/aromatic N) is 6. The third-order valence-corrected chi connectivity index (χ3v) is 5.22. The Bertz CT molecular complexity index is 945. The Morgan fingerprint density at radius 1 is 1.30 bits per heavy atom. The first kappa shape index (κ1) is 17.5. The van der Waals surface area contributed by atoms with E-state index in [1.54, 1.807) is 4.52 Å². The van der Waals surface area contributed by atoms with E-state index in [1.165, 1.54) is 0 Å². The Morgan fingerprint density at radius 3 is 3.00 bits per heavy atom. The SMILES string of the molecule is Cc1nc2c(NC(=O)N3CCCC[C@H]3CCn3ccnc3C)cccn2n1. The highest BCUT2D eigenvalue weighted by Gasteiger charge is 2.27. The molecular weight excluding hydrogens is 342 g/mol. The van der Waals surface area contributed by atoms with E-state index < -0.39 is 0 Å². The molecule has 3 aromatic heterocycles. The van der Waals surface area contributed by atoms with Crippen LogP contribution in [0, 0.1) is 13.8 Å². The molecule has 1 fully saturated rings. The predicted octanol–water partition coefficient (Wildman–Crippen LogP) is 3.02. The lowest BCUT2D eigenvalue weighted by Gasteiger charge is -2.36. The number of hydrogen-bond acceptors (Lipinski definition) is 4. The molecule has 8 nitrogen and oxygen atoms in total. The van der Waals surface area contributed by atoms with Gasteiger partial charge in [-0.3, -0.25) is 0 Å². The van der Waals surface area contributed by atoms with Crippen molar-refractivity contribution in [2.75, 3.05) is 11.9 Å². The van der Waals surface area contributed by atoms with Crippen molar-refractivity contribution in [2.45, 2.75) is 52.1 Å². The third-order valence-electron chi connectivity index (χ3n) is 5.22. The molecule has 0 spiro atoms. The first-order chi connectivity index (χ1) is 13.1. The van der Waals surface area contributed by atoms with E-state index in [9.17, 15) is 4.79 Å². The van der Waals surface area contributed by atoms with Crippen molar-refractivity contribution in [3.63, 3.8) is 0 Å². The van der Waals surface area contributed by atoms with E-state index in [-0.39, 0.29) is 12.1 Å². The lowest BCUT2D eigenvalue weighted by Crippen LogP contribution is -2.46. The number of carbonyl (C=O) groups excluding carboxylic acids is 1. The fourth-order valence-electron chi connectivity index (χ4n) is 3.79. The summed E-state index contributed by atoms with van der Waals surface area (Å²) in [6, 6.07) is 3.91. The Balaban J connectivity index is 1.47. The van der Waals surface area contributed by atoms with Gasteiger partial charge in [0, 0.05) is 37.7 Å². The van der Waals surface area contributed by atoms with Gasteiger partial charge in [0.05, 0.1) is 5.69 Å². The van der Waals surface area contributed by atoms with Gasteiger partial charge in [-0.25, -0.2) is 19.3 Å². The van der Waals surface area contributed by atoms with Crippen LogP contribution in [0.4, 0.5) is 10.5 Å². The molecule has 1 atom stereocenters. The third kappa shape index (κ3) is 3.65. The molecule has 1 saturated heterocycles. The Morgan fingerprint density at radius 2 is 2.19 bits per heavy atom. The molecular formula is C19H25N7O. The van der Waals surface area contributed by atoms with Gasteiger partial charge in [0.1, 0.15) is 11.6 Å². The molecule has 1 aliphatic rings. The van der Waals surface area contributed by atoms with Crippen LogP contribution in [0.2, 0.25) is 0 Å². The van der Waals surface area contributed by atoms with Gasteiger partial charge in [-0.15, -0.1) is 0 Å². The summed E-state index contributed by atoms with van der Waals surface area (Å²) in [6.45, 7) is 5.51. The minimum Gasteiger partial charge on any atom is -0.335 e. The van der Waals surface area contributed by atoms with Gasteiger partial charge in [-0.1, -0.05) is 0 Å². The van der Waals surface area contributed by atoms with E-state index >= 15 is 0 Å². The molecule has 0 aromatic carbocycles. The molecule has 8 heteroatoms. The standard InChI is InChI=1S/C19H25N7O/c1-14-21-18-17(7-5-11-26(18)23-14)22-19(27)25-10-4-3-6-16(25)8-12-24-13-9-20-15(24)2/h5,7,9,11,13,16H,3-4,6,8,10,12H2,1-2H3,(H,22,27)/t16-/m0/s1. The lowest BCUT2D eigenvalue weighted by atomic mass is 9.99. The number of likely N-dealkylation sites (tertiary alicyclic amines) is 1. The minimum atomic E-state index is -0.0594. The quantitative estimate of drug-likeness (QED) is 0.769. The fraction of sp³-hybridized carbons (Fsp3) is 0.474. The summed E-state index contributed by atoms with van der Waals surface area (Å²) < 4.78 is 3.84. The van der Waals surface area contributed by atoms with Gasteiger partial charge in [-0.05, 0) is 51.7 Å². The number of amides is 2. The van der Waals surface area contributed by atoms with Gasteiger partial charge in [0.2, 0.25) is 0 Å². The topological polar surface area (TPSA) is 80.4 Å². The molecule has 4 heterocycles. The number of anilines is 1. The van der Waals surface area contributed by atoms with Crippen LogP contribution >= 0.6 is 0 Å². The maximum atomic E-state index is 13.0. The Hall–Kier alpha value is -2.90. The smallest absolute Gasteiger partial charge is 0.322 e. The molecule has 3 aromatic rings. The number of imidazole rings is 1. The second-order valence-electron chi connectivity index (χ2n) is 7.08. The van der Waals surface area contributed by atoms with Crippen LogP contribution in [0.3, 0.4) is 0 Å². The molecule has 2 amide bonds. The molecule has 0 radical (unpaired) electrons. The zero-order chi connectivity index (χ0) is 18.8. The fourth-order valence-corrected chi connectivity index (χ4v) is 3.79. The van der Waals surface area contributed by atoms with E-state index in [2.05, 4.69) is 25.0 Å². The zero-order valence-electron chi connectivity index (χ0n) is 15.8. The number of fused-ring (bicyclic) bond motifs is 1. The van der Waals surface area contributed by atoms with Crippen LogP contribution in [0.1, 0.15) is 37.3 Å². The number of pyridine rings is 1. The van der Waals surface area contributed by atoms with E-state index in [4.69, 9.17) is 0 Å². The van der Waals surface area contributed by atoms with Crippen LogP contribution in [0.25, 0.3) is 5.65 Å². The summed E-state index contributed by atoms with van der Waals surface area (Å²) in [4.78, 5) is 23.7. The van der Waals surface area contributed by atoms with Crippen molar-refractivity contribution in [1.82, 2.24) is 29.0 Å². The number of piperidine rings is 1. The molecule has 142 valence electrons. The van der Waals surface area contributed by atoms with Crippen molar-refractivity contribution < 1.29 is 4.79 Å². The summed E-state index contributed by atoms with van der Waals surface area (Å²) in [5, 5.41) is 7.35. The van der Waals surface area contributed by atoms with Crippen molar-refractivity contribution in [2.24, 2.45) is 0 Å². The Labute approximate surface area is 158 Å². The number of rotatable bonds is 4. The van der Waals surface area contributed by atoms with Crippen molar-refractivity contribution in [1.29, 1.82) is 0 Å². The molecule has 0 aliphatic carbocycles. The normalized spacial score (nSPS) is 17.4. The summed E-state index contributed by atoms with van der Waals surface area (Å²) >= 11 is 0. The highest BCUT2D eigenvalue weighted by atomic mass is 16.2. The number of urea groups is 1. The van der Waals surface area contributed by atoms with Gasteiger partial charge in [0.25, 0.3) is 0 Å². The average Bonchev–Trinajstić information content (AvgIpc) is 3.25. The molecule has 0 unspecified atom stereocenters. The van der Waals surface area contributed by atoms with Gasteiger partial charge < -0.3 is 14.8 Å². The van der Waals surface area contributed by atoms with Crippen LogP contribution in [0.5, 0.6) is 0 Å². The average molecular weight is 367 g/mol. The zero-order valence-corrected chi connectivity index (χ0v) is 15.8. The molecule has 1 aliphatic heterocycles. The lowest BCUT2D eigenvalue weighted by molar-refractivity contribution is 0.155. The second-order valence-corrected chi connectivity index (χ2v) is 7.08. The summed E-state index contributed by atoms with van der Waals surface area (Å²) in [6.07, 6.45) is 9.83. The number of nitrogens with one attached hydrogen (secondary N) is 1. The highest BCUT2D eigenvalue weighted by Crippen LogP contribution is 2.23. The van der Waals surface area contributed by atoms with E-state index in [0.717, 1.165) is 44.6 Å².